The van der Waals surface area contributed by atoms with Crippen LogP contribution in [-0.4, -0.2) is 20.8 Å². The first-order valence-electron chi connectivity index (χ1n) is 9.84. The van der Waals surface area contributed by atoms with Crippen molar-refractivity contribution in [1.29, 1.82) is 0 Å². The molecule has 3 aromatic rings. The normalized spacial score (nSPS) is 10.6. The lowest BCUT2D eigenvalue weighted by molar-refractivity contribution is 0.0938. The molecule has 0 saturated heterocycles. The third-order valence-electron chi connectivity index (χ3n) is 4.58. The van der Waals surface area contributed by atoms with Gasteiger partial charge in [0.25, 0.3) is 11.5 Å². The van der Waals surface area contributed by atoms with Crippen molar-refractivity contribution in [2.24, 2.45) is 0 Å². The third-order valence-corrected chi connectivity index (χ3v) is 4.78. The predicted molar refractivity (Wildman–Crippen MR) is 124 cm³/mol. The van der Waals surface area contributed by atoms with Crippen LogP contribution in [0.3, 0.4) is 0 Å². The molecule has 0 unspecified atom stereocenters. The van der Waals surface area contributed by atoms with Crippen molar-refractivity contribution < 1.29 is 4.79 Å². The summed E-state index contributed by atoms with van der Waals surface area (Å²) in [7, 11) is 0. The average Bonchev–Trinajstić information content (AvgIpc) is 2.71. The number of aromatic nitrogens is 2. The Balaban J connectivity index is 1.78. The van der Waals surface area contributed by atoms with Crippen molar-refractivity contribution >= 4 is 39.7 Å². The quantitative estimate of drug-likeness (QED) is 0.430. The third kappa shape index (κ3) is 5.01. The molecule has 0 saturated carbocycles. The smallest absolute Gasteiger partial charge is 0.290 e. The Morgan fingerprint density at radius 1 is 1.07 bits per heavy atom. The van der Waals surface area contributed by atoms with E-state index in [1.54, 1.807) is 24.3 Å². The first-order chi connectivity index (χ1) is 14.4. The molecule has 0 aliphatic rings. The summed E-state index contributed by atoms with van der Waals surface area (Å²) in [6.07, 6.45) is 1.72. The van der Waals surface area contributed by atoms with Gasteiger partial charge in [0.2, 0.25) is 0 Å². The number of unbranched alkanes of at least 4 members (excludes halogenated alkanes) is 1. The molecule has 0 aliphatic heterocycles. The van der Waals surface area contributed by atoms with Crippen LogP contribution in [0.2, 0.25) is 0 Å². The number of hydrogen-bond acceptors (Lipinski definition) is 4. The van der Waals surface area contributed by atoms with Gasteiger partial charge >= 0.3 is 0 Å². The van der Waals surface area contributed by atoms with Crippen molar-refractivity contribution in [3.05, 3.63) is 69.6 Å². The number of nitrogens with one attached hydrogen (secondary N) is 3. The van der Waals surface area contributed by atoms with Crippen molar-refractivity contribution in [3.8, 4) is 0 Å². The summed E-state index contributed by atoms with van der Waals surface area (Å²) in [6, 6.07) is 13.0. The highest BCUT2D eigenvalue weighted by atomic mass is 32.1. The van der Waals surface area contributed by atoms with E-state index < -0.39 is 5.91 Å². The van der Waals surface area contributed by atoms with E-state index in [4.69, 9.17) is 12.2 Å². The molecule has 0 radical (unpaired) electrons. The molecule has 0 fully saturated rings. The van der Waals surface area contributed by atoms with E-state index in [-0.39, 0.29) is 16.4 Å². The van der Waals surface area contributed by atoms with Gasteiger partial charge < -0.3 is 5.32 Å². The number of rotatable bonds is 5. The summed E-state index contributed by atoms with van der Waals surface area (Å²) in [4.78, 5) is 25.5. The highest BCUT2D eigenvalue weighted by Crippen LogP contribution is 2.14. The summed E-state index contributed by atoms with van der Waals surface area (Å²) >= 11 is 5.28. The molecule has 30 heavy (non-hydrogen) atoms. The minimum Gasteiger partial charge on any atom is -0.331 e. The standard InChI is InChI=1S/C22H25N5O2S/c1-4-5-10-27-21(29)18-9-7-6-8-17(18)19(26-27)20(28)24-25-22(30)23-16-12-14(2)11-15(3)13-16/h6-9,11-13H,4-5,10H2,1-3H3,(H,24,28)(H2,23,25,30). The zero-order valence-corrected chi connectivity index (χ0v) is 18.1. The molecule has 1 aromatic heterocycles. The maximum Gasteiger partial charge on any atom is 0.290 e. The van der Waals surface area contributed by atoms with E-state index in [1.165, 1.54) is 4.68 Å². The number of amides is 1. The molecular formula is C22H25N5O2S. The number of anilines is 1. The Bertz CT molecular complexity index is 1140. The molecule has 7 nitrogen and oxygen atoms in total. The number of hydrogen-bond donors (Lipinski definition) is 3. The number of aryl methyl sites for hydroxylation is 3. The second-order valence-corrected chi connectivity index (χ2v) is 7.59. The van der Waals surface area contributed by atoms with Crippen molar-refractivity contribution in [2.45, 2.75) is 40.2 Å². The fraction of sp³-hybridized carbons (Fsp3) is 0.273. The summed E-state index contributed by atoms with van der Waals surface area (Å²) in [5.74, 6) is -0.471. The number of fused-ring (bicyclic) bond motifs is 1. The first kappa shape index (κ1) is 21.4. The maximum absolute atomic E-state index is 12.8. The second kappa shape index (κ2) is 9.49. The van der Waals surface area contributed by atoms with Gasteiger partial charge in [-0.25, -0.2) is 4.68 Å². The largest absolute Gasteiger partial charge is 0.331 e. The van der Waals surface area contributed by atoms with Crippen LogP contribution >= 0.6 is 12.2 Å². The summed E-state index contributed by atoms with van der Waals surface area (Å²) < 4.78 is 1.35. The van der Waals surface area contributed by atoms with Crippen molar-refractivity contribution in [2.75, 3.05) is 5.32 Å². The number of thiocarbonyl (C=S) groups is 1. The monoisotopic (exact) mass is 423 g/mol. The van der Waals surface area contributed by atoms with Gasteiger partial charge in [0.1, 0.15) is 0 Å². The summed E-state index contributed by atoms with van der Waals surface area (Å²) in [6.45, 7) is 6.50. The first-order valence-corrected chi connectivity index (χ1v) is 10.3. The molecule has 3 N–H and O–H groups in total. The van der Waals surface area contributed by atoms with Crippen LogP contribution in [0.15, 0.2) is 47.3 Å². The number of hydrazine groups is 1. The van der Waals surface area contributed by atoms with Crippen LogP contribution in [-0.2, 0) is 6.54 Å². The molecule has 3 rings (SSSR count). The van der Waals surface area contributed by atoms with Gasteiger partial charge in [-0.1, -0.05) is 37.6 Å². The highest BCUT2D eigenvalue weighted by molar-refractivity contribution is 7.80. The molecular weight excluding hydrogens is 398 g/mol. The lowest BCUT2D eigenvalue weighted by atomic mass is 10.1. The van der Waals surface area contributed by atoms with Gasteiger partial charge in [0.15, 0.2) is 10.8 Å². The maximum atomic E-state index is 12.8. The predicted octanol–water partition coefficient (Wildman–Crippen LogP) is 3.44. The number of benzene rings is 2. The van der Waals surface area contributed by atoms with Crippen LogP contribution in [0.25, 0.3) is 10.8 Å². The number of carbonyl (C=O) groups is 1. The molecule has 0 bridgehead atoms. The summed E-state index contributed by atoms with van der Waals surface area (Å²) in [5.41, 5.74) is 8.29. The molecule has 0 atom stereocenters. The van der Waals surface area contributed by atoms with E-state index in [2.05, 4.69) is 27.3 Å². The Morgan fingerprint density at radius 2 is 1.73 bits per heavy atom. The SMILES string of the molecule is CCCCn1nc(C(=O)NNC(=S)Nc2cc(C)cc(C)c2)c2ccccc2c1=O. The molecule has 2 aromatic carbocycles. The molecule has 156 valence electrons. The van der Waals surface area contributed by atoms with Crippen molar-refractivity contribution in [3.63, 3.8) is 0 Å². The van der Waals surface area contributed by atoms with Crippen LogP contribution < -0.4 is 21.7 Å². The lowest BCUT2D eigenvalue weighted by Gasteiger charge is -2.14. The van der Waals surface area contributed by atoms with Gasteiger partial charge in [0.05, 0.1) is 5.39 Å². The Hall–Kier alpha value is -3.26. The van der Waals surface area contributed by atoms with E-state index in [1.807, 2.05) is 32.9 Å². The Labute approximate surface area is 180 Å². The second-order valence-electron chi connectivity index (χ2n) is 7.19. The van der Waals surface area contributed by atoms with Gasteiger partial charge in [-0.05, 0) is 61.8 Å². The molecule has 1 heterocycles. The van der Waals surface area contributed by atoms with Gasteiger partial charge in [-0.15, -0.1) is 0 Å². The van der Waals surface area contributed by atoms with Gasteiger partial charge in [-0.2, -0.15) is 5.10 Å². The topological polar surface area (TPSA) is 88.1 Å². The number of carbonyl (C=O) groups excluding carboxylic acids is 1. The molecule has 0 aliphatic carbocycles. The van der Waals surface area contributed by atoms with Gasteiger partial charge in [-0.3, -0.25) is 20.4 Å². The summed E-state index contributed by atoms with van der Waals surface area (Å²) in [5, 5.41) is 8.57. The Kier molecular flexibility index (Phi) is 6.79. The van der Waals surface area contributed by atoms with Crippen LogP contribution in [0.5, 0.6) is 0 Å². The Morgan fingerprint density at radius 3 is 2.40 bits per heavy atom. The molecule has 1 amide bonds. The van der Waals surface area contributed by atoms with E-state index >= 15 is 0 Å². The zero-order chi connectivity index (χ0) is 21.7. The average molecular weight is 424 g/mol. The molecule has 8 heteroatoms. The van der Waals surface area contributed by atoms with E-state index in [0.29, 0.717) is 17.3 Å². The lowest BCUT2D eigenvalue weighted by Crippen LogP contribution is -2.44. The zero-order valence-electron chi connectivity index (χ0n) is 17.3. The van der Waals surface area contributed by atoms with E-state index in [9.17, 15) is 9.59 Å². The van der Waals surface area contributed by atoms with Crippen LogP contribution in [0, 0.1) is 13.8 Å². The fourth-order valence-corrected chi connectivity index (χ4v) is 3.41. The number of nitrogens with zero attached hydrogens (tertiary/aromatic N) is 2. The van der Waals surface area contributed by atoms with Gasteiger partial charge in [0, 0.05) is 17.6 Å². The highest BCUT2D eigenvalue weighted by Gasteiger charge is 2.16. The van der Waals surface area contributed by atoms with Crippen LogP contribution in [0.4, 0.5) is 5.69 Å². The minimum atomic E-state index is -0.471. The van der Waals surface area contributed by atoms with Crippen LogP contribution in [0.1, 0.15) is 41.4 Å². The van der Waals surface area contributed by atoms with Crippen molar-refractivity contribution in [1.82, 2.24) is 20.6 Å². The van der Waals surface area contributed by atoms with E-state index in [0.717, 1.165) is 29.7 Å². The minimum absolute atomic E-state index is 0.169. The molecule has 0 spiro atoms. The fourth-order valence-electron chi connectivity index (χ4n) is 3.24.